The number of phenolic OH excluding ortho intramolecular Hbond substituents is 1. The van der Waals surface area contributed by atoms with Gasteiger partial charge in [-0.3, -0.25) is 9.59 Å². The number of hydrogen-bond donors (Lipinski definition) is 1. The van der Waals surface area contributed by atoms with Gasteiger partial charge >= 0.3 is 0 Å². The number of ketones is 2. The van der Waals surface area contributed by atoms with Gasteiger partial charge in [-0.15, -0.1) is 0 Å². The van der Waals surface area contributed by atoms with Crippen LogP contribution in [-0.4, -0.2) is 45.0 Å². The first-order valence-corrected chi connectivity index (χ1v) is 8.98. The Morgan fingerprint density at radius 3 is 2.21 bits per heavy atom. The van der Waals surface area contributed by atoms with Crippen molar-refractivity contribution < 1.29 is 24.2 Å². The highest BCUT2D eigenvalue weighted by molar-refractivity contribution is 6.11. The summed E-state index contributed by atoms with van der Waals surface area (Å²) in [6.45, 7) is 0. The van der Waals surface area contributed by atoms with E-state index in [1.54, 1.807) is 31.4 Å². The molecule has 2 aromatic rings. The van der Waals surface area contributed by atoms with Crippen molar-refractivity contribution in [2.45, 2.75) is 6.42 Å². The van der Waals surface area contributed by atoms with Gasteiger partial charge in [0.25, 0.3) is 0 Å². The number of rotatable bonds is 9. The van der Waals surface area contributed by atoms with E-state index in [1.807, 2.05) is 37.2 Å². The summed E-state index contributed by atoms with van der Waals surface area (Å²) < 4.78 is 10.4. The number of anilines is 1. The van der Waals surface area contributed by atoms with E-state index in [-0.39, 0.29) is 23.7 Å². The average Bonchev–Trinajstić information content (AvgIpc) is 2.71. The predicted molar refractivity (Wildman–Crippen MR) is 115 cm³/mol. The number of methoxy groups -OCH3 is 2. The second kappa shape index (κ2) is 10.1. The fraction of sp³-hybridized carbons (Fsp3) is 0.217. The van der Waals surface area contributed by atoms with E-state index in [9.17, 15) is 14.7 Å². The van der Waals surface area contributed by atoms with Gasteiger partial charge in [0.15, 0.2) is 23.1 Å². The molecule has 6 heteroatoms. The van der Waals surface area contributed by atoms with Gasteiger partial charge in [0, 0.05) is 31.4 Å². The minimum Gasteiger partial charge on any atom is -0.504 e. The van der Waals surface area contributed by atoms with Gasteiger partial charge in [0.2, 0.25) is 0 Å². The van der Waals surface area contributed by atoms with Crippen LogP contribution >= 0.6 is 0 Å². The van der Waals surface area contributed by atoms with Gasteiger partial charge < -0.3 is 19.5 Å². The van der Waals surface area contributed by atoms with Crippen molar-refractivity contribution in [3.05, 3.63) is 59.7 Å². The standard InChI is InChI=1S/C23H25NO5/c1-24(2)18-9-7-17(22(14-18)28-3)8-11-20(26)15-19(25)10-5-16-6-12-21(27)23(13-16)29-4/h5-14,27H,15H2,1-4H3/b10-5+,11-8+. The highest BCUT2D eigenvalue weighted by Gasteiger charge is 2.07. The Morgan fingerprint density at radius 1 is 0.931 bits per heavy atom. The first kappa shape index (κ1) is 21.8. The summed E-state index contributed by atoms with van der Waals surface area (Å²) in [4.78, 5) is 26.1. The fourth-order valence-corrected chi connectivity index (χ4v) is 2.58. The fourth-order valence-electron chi connectivity index (χ4n) is 2.58. The summed E-state index contributed by atoms with van der Waals surface area (Å²) in [7, 11) is 6.88. The first-order chi connectivity index (χ1) is 13.8. The van der Waals surface area contributed by atoms with Crippen LogP contribution in [0, 0.1) is 0 Å². The van der Waals surface area contributed by atoms with Crippen LogP contribution in [0.15, 0.2) is 48.6 Å². The molecule has 0 aliphatic carbocycles. The summed E-state index contributed by atoms with van der Waals surface area (Å²) in [5.41, 5.74) is 2.42. The lowest BCUT2D eigenvalue weighted by molar-refractivity contribution is -0.121. The van der Waals surface area contributed by atoms with Gasteiger partial charge in [0.1, 0.15) is 5.75 Å². The molecule has 0 saturated carbocycles. The summed E-state index contributed by atoms with van der Waals surface area (Å²) in [6, 6.07) is 10.4. The molecule has 0 amide bonds. The topological polar surface area (TPSA) is 76.1 Å². The summed E-state index contributed by atoms with van der Waals surface area (Å²) in [6.07, 6.45) is 5.69. The van der Waals surface area contributed by atoms with Crippen molar-refractivity contribution >= 4 is 29.4 Å². The molecule has 2 aromatic carbocycles. The Balaban J connectivity index is 2.00. The number of aromatic hydroxyl groups is 1. The van der Waals surface area contributed by atoms with Crippen LogP contribution in [0.25, 0.3) is 12.2 Å². The average molecular weight is 395 g/mol. The molecule has 0 aromatic heterocycles. The zero-order valence-electron chi connectivity index (χ0n) is 17.0. The lowest BCUT2D eigenvalue weighted by Crippen LogP contribution is -2.08. The number of ether oxygens (including phenoxy) is 2. The smallest absolute Gasteiger partial charge is 0.163 e. The predicted octanol–water partition coefficient (Wildman–Crippen LogP) is 3.73. The number of phenols is 1. The maximum absolute atomic E-state index is 12.1. The molecule has 0 spiro atoms. The first-order valence-electron chi connectivity index (χ1n) is 8.98. The largest absolute Gasteiger partial charge is 0.504 e. The number of carbonyl (C=O) groups excluding carboxylic acids is 2. The van der Waals surface area contributed by atoms with Crippen LogP contribution in [0.4, 0.5) is 5.69 Å². The molecule has 0 atom stereocenters. The molecule has 29 heavy (non-hydrogen) atoms. The lowest BCUT2D eigenvalue weighted by atomic mass is 10.1. The van der Waals surface area contributed by atoms with Crippen LogP contribution in [0.2, 0.25) is 0 Å². The second-order valence-electron chi connectivity index (χ2n) is 6.53. The molecule has 2 rings (SSSR count). The highest BCUT2D eigenvalue weighted by atomic mass is 16.5. The van der Waals surface area contributed by atoms with Crippen LogP contribution < -0.4 is 14.4 Å². The van der Waals surface area contributed by atoms with Crippen LogP contribution in [-0.2, 0) is 9.59 Å². The molecule has 1 N–H and O–H groups in total. The Labute approximate surface area is 170 Å². The number of allylic oxidation sites excluding steroid dienone is 2. The maximum atomic E-state index is 12.1. The molecular formula is C23H25NO5. The van der Waals surface area contributed by atoms with E-state index in [4.69, 9.17) is 9.47 Å². The van der Waals surface area contributed by atoms with Crippen molar-refractivity contribution in [2.24, 2.45) is 0 Å². The van der Waals surface area contributed by atoms with E-state index < -0.39 is 0 Å². The molecule has 6 nitrogen and oxygen atoms in total. The third-order valence-corrected chi connectivity index (χ3v) is 4.20. The Morgan fingerprint density at radius 2 is 1.59 bits per heavy atom. The third-order valence-electron chi connectivity index (χ3n) is 4.20. The molecule has 0 radical (unpaired) electrons. The molecule has 0 saturated heterocycles. The van der Waals surface area contributed by atoms with E-state index in [0.717, 1.165) is 11.3 Å². The summed E-state index contributed by atoms with van der Waals surface area (Å²) in [5, 5.41) is 9.58. The number of benzene rings is 2. The maximum Gasteiger partial charge on any atom is 0.163 e. The van der Waals surface area contributed by atoms with Gasteiger partial charge in [-0.25, -0.2) is 0 Å². The zero-order chi connectivity index (χ0) is 21.4. The monoisotopic (exact) mass is 395 g/mol. The molecule has 0 fully saturated rings. The number of nitrogens with zero attached hydrogens (tertiary/aromatic N) is 1. The van der Waals surface area contributed by atoms with E-state index in [0.29, 0.717) is 17.1 Å². The van der Waals surface area contributed by atoms with Crippen molar-refractivity contribution in [1.82, 2.24) is 0 Å². The van der Waals surface area contributed by atoms with Crippen molar-refractivity contribution in [2.75, 3.05) is 33.2 Å². The van der Waals surface area contributed by atoms with Gasteiger partial charge in [-0.1, -0.05) is 12.1 Å². The molecule has 152 valence electrons. The van der Waals surface area contributed by atoms with Gasteiger partial charge in [0.05, 0.1) is 20.6 Å². The quantitative estimate of drug-likeness (QED) is 0.515. The summed E-state index contributed by atoms with van der Waals surface area (Å²) >= 11 is 0. The highest BCUT2D eigenvalue weighted by Crippen LogP contribution is 2.27. The van der Waals surface area contributed by atoms with Crippen molar-refractivity contribution in [3.8, 4) is 17.2 Å². The van der Waals surface area contributed by atoms with Gasteiger partial charge in [-0.2, -0.15) is 0 Å². The van der Waals surface area contributed by atoms with E-state index in [1.165, 1.54) is 25.3 Å². The minimum absolute atomic E-state index is 0.0188. The van der Waals surface area contributed by atoms with E-state index in [2.05, 4.69) is 0 Å². The van der Waals surface area contributed by atoms with Crippen LogP contribution in [0.3, 0.4) is 0 Å². The van der Waals surface area contributed by atoms with Crippen LogP contribution in [0.5, 0.6) is 17.2 Å². The molecule has 0 bridgehead atoms. The molecular weight excluding hydrogens is 370 g/mol. The number of hydrogen-bond acceptors (Lipinski definition) is 6. The minimum atomic E-state index is -0.318. The summed E-state index contributed by atoms with van der Waals surface area (Å²) in [5.74, 6) is 0.356. The Kier molecular flexibility index (Phi) is 7.60. The molecule has 0 aliphatic heterocycles. The van der Waals surface area contributed by atoms with Crippen molar-refractivity contribution in [1.29, 1.82) is 0 Å². The van der Waals surface area contributed by atoms with Crippen LogP contribution in [0.1, 0.15) is 17.5 Å². The molecule has 0 heterocycles. The van der Waals surface area contributed by atoms with Gasteiger partial charge in [-0.05, 0) is 48.1 Å². The zero-order valence-corrected chi connectivity index (χ0v) is 17.0. The lowest BCUT2D eigenvalue weighted by Gasteiger charge is -2.14. The normalized spacial score (nSPS) is 11.0. The SMILES string of the molecule is COc1cc(/C=C/C(=O)CC(=O)/C=C/c2ccc(N(C)C)cc2OC)ccc1O. The van der Waals surface area contributed by atoms with E-state index >= 15 is 0 Å². The number of carbonyl (C=O) groups is 2. The second-order valence-corrected chi connectivity index (χ2v) is 6.53. The molecule has 0 aliphatic rings. The Bertz CT molecular complexity index is 944. The third kappa shape index (κ3) is 6.24. The Hall–Kier alpha value is -3.54. The molecule has 0 unspecified atom stereocenters. The van der Waals surface area contributed by atoms with Crippen molar-refractivity contribution in [3.63, 3.8) is 0 Å².